The van der Waals surface area contributed by atoms with E-state index < -0.39 is 0 Å². The van der Waals surface area contributed by atoms with Crippen LogP contribution in [0.15, 0.2) is 78.2 Å². The molecule has 0 aliphatic carbocycles. The predicted octanol–water partition coefficient (Wildman–Crippen LogP) is 6.19. The molecule has 3 aromatic carbocycles. The number of hydrogen-bond acceptors (Lipinski definition) is 5. The number of ether oxygens (including phenoxy) is 1. The molecular formula is C32H33N3O3S. The molecule has 39 heavy (non-hydrogen) atoms. The number of carbonyl (C=O) groups excluding carboxylic acids is 2. The van der Waals surface area contributed by atoms with E-state index in [2.05, 4.69) is 48.3 Å². The minimum absolute atomic E-state index is 0.114. The van der Waals surface area contributed by atoms with Crippen LogP contribution in [0.1, 0.15) is 62.7 Å². The Labute approximate surface area is 233 Å². The average Bonchev–Trinajstić information content (AvgIpc) is 3.44. The largest absolute Gasteiger partial charge is 0.486 e. The molecule has 0 fully saturated rings. The Balaban J connectivity index is 1.31. The second kappa shape index (κ2) is 11.8. The highest BCUT2D eigenvalue weighted by atomic mass is 32.1. The van der Waals surface area contributed by atoms with E-state index in [9.17, 15) is 9.59 Å². The average molecular weight is 540 g/mol. The Morgan fingerprint density at radius 3 is 2.59 bits per heavy atom. The number of rotatable bonds is 8. The van der Waals surface area contributed by atoms with Gasteiger partial charge < -0.3 is 14.5 Å². The molecule has 1 aromatic heterocycles. The van der Waals surface area contributed by atoms with E-state index in [0.717, 1.165) is 33.9 Å². The molecule has 6 nitrogen and oxygen atoms in total. The number of thiazole rings is 1. The molecule has 4 aromatic rings. The summed E-state index contributed by atoms with van der Waals surface area (Å²) in [7, 11) is 1.79. The van der Waals surface area contributed by atoms with Crippen molar-refractivity contribution in [2.24, 2.45) is 0 Å². The molecule has 7 heteroatoms. The van der Waals surface area contributed by atoms with E-state index >= 15 is 0 Å². The minimum Gasteiger partial charge on any atom is -0.486 e. The van der Waals surface area contributed by atoms with Crippen molar-refractivity contribution in [1.29, 1.82) is 0 Å². The van der Waals surface area contributed by atoms with Gasteiger partial charge in [0, 0.05) is 31.9 Å². The fourth-order valence-corrected chi connectivity index (χ4v) is 5.69. The van der Waals surface area contributed by atoms with Crippen molar-refractivity contribution in [2.75, 3.05) is 13.6 Å². The van der Waals surface area contributed by atoms with Crippen molar-refractivity contribution in [3.05, 3.63) is 117 Å². The third kappa shape index (κ3) is 6.04. The fraction of sp³-hybridized carbons (Fsp3) is 0.281. The smallest absolute Gasteiger partial charge is 0.273 e. The standard InChI is InChI=1S/C32H33N3O3S/c1-4-30(36)35-17-16-24-14-15-26(18-27(24)31(35)25-12-10-22(2)11-13-25)38-20-29-33-28(21-39-29)32(37)34(3)19-23-8-6-5-7-9-23/h5-15,18,21,31H,4,16-17,19-20H2,1-3H3/t31-/m0/s1. The zero-order chi connectivity index (χ0) is 27.4. The lowest BCUT2D eigenvalue weighted by Crippen LogP contribution is -2.40. The Hall–Kier alpha value is -3.97. The maximum Gasteiger partial charge on any atom is 0.273 e. The van der Waals surface area contributed by atoms with Crippen molar-refractivity contribution < 1.29 is 14.3 Å². The summed E-state index contributed by atoms with van der Waals surface area (Å²) in [6, 6.07) is 24.3. The van der Waals surface area contributed by atoms with E-state index in [0.29, 0.717) is 25.2 Å². The molecule has 1 aliphatic rings. The number of fused-ring (bicyclic) bond motifs is 1. The van der Waals surface area contributed by atoms with Gasteiger partial charge in [0.25, 0.3) is 5.91 Å². The lowest BCUT2D eigenvalue weighted by atomic mass is 9.87. The van der Waals surface area contributed by atoms with Gasteiger partial charge in [0.1, 0.15) is 23.1 Å². The highest BCUT2D eigenvalue weighted by Gasteiger charge is 2.31. The number of hydrogen-bond donors (Lipinski definition) is 0. The molecule has 0 saturated heterocycles. The Morgan fingerprint density at radius 1 is 1.08 bits per heavy atom. The van der Waals surface area contributed by atoms with E-state index in [1.807, 2.05) is 48.2 Å². The minimum atomic E-state index is -0.144. The van der Waals surface area contributed by atoms with Crippen LogP contribution >= 0.6 is 11.3 Å². The van der Waals surface area contributed by atoms with Gasteiger partial charge >= 0.3 is 0 Å². The van der Waals surface area contributed by atoms with Gasteiger partial charge in [0.15, 0.2) is 0 Å². The molecule has 5 rings (SSSR count). The van der Waals surface area contributed by atoms with Crippen LogP contribution in [0.25, 0.3) is 0 Å². The number of nitrogens with zero attached hydrogens (tertiary/aromatic N) is 3. The number of aromatic nitrogens is 1. The first-order valence-corrected chi connectivity index (χ1v) is 14.2. The van der Waals surface area contributed by atoms with E-state index in [1.54, 1.807) is 17.3 Å². The zero-order valence-electron chi connectivity index (χ0n) is 22.6. The molecule has 1 aliphatic heterocycles. The molecule has 2 amide bonds. The summed E-state index contributed by atoms with van der Waals surface area (Å²) in [5.41, 5.74) is 6.12. The number of aryl methyl sites for hydroxylation is 1. The molecule has 0 radical (unpaired) electrons. The lowest BCUT2D eigenvalue weighted by molar-refractivity contribution is -0.132. The van der Waals surface area contributed by atoms with E-state index in [4.69, 9.17) is 4.74 Å². The summed E-state index contributed by atoms with van der Waals surface area (Å²) >= 11 is 1.42. The third-order valence-electron chi connectivity index (χ3n) is 7.10. The Morgan fingerprint density at radius 2 is 1.85 bits per heavy atom. The fourth-order valence-electron chi connectivity index (χ4n) is 5.01. The second-order valence-electron chi connectivity index (χ2n) is 9.93. The summed E-state index contributed by atoms with van der Waals surface area (Å²) < 4.78 is 6.15. The van der Waals surface area contributed by atoms with Crippen LogP contribution in [-0.2, 0) is 24.4 Å². The first-order chi connectivity index (χ1) is 18.9. The summed E-state index contributed by atoms with van der Waals surface area (Å²) in [5, 5.41) is 2.53. The van der Waals surface area contributed by atoms with Crippen LogP contribution in [-0.4, -0.2) is 40.2 Å². The molecule has 1 atom stereocenters. The molecule has 0 N–H and O–H groups in total. The maximum absolute atomic E-state index is 12.9. The summed E-state index contributed by atoms with van der Waals surface area (Å²) in [5.74, 6) is 0.757. The van der Waals surface area contributed by atoms with Gasteiger partial charge in [-0.25, -0.2) is 4.98 Å². The molecule has 200 valence electrons. The van der Waals surface area contributed by atoms with Crippen LogP contribution in [0.5, 0.6) is 5.75 Å². The zero-order valence-corrected chi connectivity index (χ0v) is 23.4. The van der Waals surface area contributed by atoms with Crippen LogP contribution < -0.4 is 4.74 Å². The van der Waals surface area contributed by atoms with Crippen LogP contribution in [0.4, 0.5) is 0 Å². The lowest BCUT2D eigenvalue weighted by Gasteiger charge is -2.38. The van der Waals surface area contributed by atoms with E-state index in [-0.39, 0.29) is 24.5 Å². The predicted molar refractivity (Wildman–Crippen MR) is 154 cm³/mol. The summed E-state index contributed by atoms with van der Waals surface area (Å²) in [6.07, 6.45) is 1.29. The van der Waals surface area contributed by atoms with E-state index in [1.165, 1.54) is 22.5 Å². The van der Waals surface area contributed by atoms with Crippen molar-refractivity contribution in [3.63, 3.8) is 0 Å². The second-order valence-corrected chi connectivity index (χ2v) is 10.9. The molecule has 0 bridgehead atoms. The first kappa shape index (κ1) is 26.6. The van der Waals surface area contributed by atoms with Gasteiger partial charge in [-0.1, -0.05) is 73.2 Å². The quantitative estimate of drug-likeness (QED) is 0.268. The van der Waals surface area contributed by atoms with Crippen molar-refractivity contribution >= 4 is 23.2 Å². The van der Waals surface area contributed by atoms with Gasteiger partial charge in [-0.15, -0.1) is 11.3 Å². The maximum atomic E-state index is 12.9. The monoisotopic (exact) mass is 539 g/mol. The summed E-state index contributed by atoms with van der Waals surface area (Å²) in [6.45, 7) is 5.48. The number of amides is 2. The van der Waals surface area contributed by atoms with Gasteiger partial charge in [0.2, 0.25) is 5.91 Å². The van der Waals surface area contributed by atoms with Gasteiger partial charge in [-0.3, -0.25) is 9.59 Å². The molecule has 0 saturated carbocycles. The summed E-state index contributed by atoms with van der Waals surface area (Å²) in [4.78, 5) is 34.0. The molecule has 2 heterocycles. The van der Waals surface area contributed by atoms with Gasteiger partial charge in [0.05, 0.1) is 6.04 Å². The molecule has 0 unspecified atom stereocenters. The SMILES string of the molecule is CCC(=O)N1CCc2ccc(OCc3nc(C(=O)N(C)Cc4ccccc4)cs3)cc2[C@@H]1c1ccc(C)cc1. The topological polar surface area (TPSA) is 62.7 Å². The number of benzene rings is 3. The molecular weight excluding hydrogens is 506 g/mol. The first-order valence-electron chi connectivity index (χ1n) is 13.3. The highest BCUT2D eigenvalue weighted by Crippen LogP contribution is 2.37. The van der Waals surface area contributed by atoms with Crippen LogP contribution in [0, 0.1) is 6.92 Å². The Kier molecular flexibility index (Phi) is 8.07. The van der Waals surface area contributed by atoms with Crippen LogP contribution in [0.3, 0.4) is 0 Å². The Bertz CT molecular complexity index is 1450. The van der Waals surface area contributed by atoms with Crippen molar-refractivity contribution in [1.82, 2.24) is 14.8 Å². The van der Waals surface area contributed by atoms with Crippen molar-refractivity contribution in [3.8, 4) is 5.75 Å². The molecule has 0 spiro atoms. The normalized spacial score (nSPS) is 14.5. The van der Waals surface area contributed by atoms with Crippen LogP contribution in [0.2, 0.25) is 0 Å². The van der Waals surface area contributed by atoms with Crippen molar-refractivity contribution in [2.45, 2.75) is 45.9 Å². The van der Waals surface area contributed by atoms with Gasteiger partial charge in [-0.2, -0.15) is 0 Å². The third-order valence-corrected chi connectivity index (χ3v) is 7.93. The van der Waals surface area contributed by atoms with Gasteiger partial charge in [-0.05, 0) is 47.7 Å². The highest BCUT2D eigenvalue weighted by molar-refractivity contribution is 7.09. The number of carbonyl (C=O) groups is 2.